The quantitative estimate of drug-likeness (QED) is 0.384. The van der Waals surface area contributed by atoms with Crippen molar-refractivity contribution in [2.45, 2.75) is 77.6 Å². The molecule has 0 spiro atoms. The van der Waals surface area contributed by atoms with Crippen molar-refractivity contribution in [2.75, 3.05) is 0 Å². The van der Waals surface area contributed by atoms with Crippen molar-refractivity contribution in [3.05, 3.63) is 76.9 Å². The van der Waals surface area contributed by atoms with Gasteiger partial charge in [0.15, 0.2) is 0 Å². The van der Waals surface area contributed by atoms with E-state index in [9.17, 15) is 4.79 Å². The van der Waals surface area contributed by atoms with E-state index < -0.39 is 0 Å². The molecule has 1 nitrogen and oxygen atoms in total. The van der Waals surface area contributed by atoms with E-state index in [0.717, 1.165) is 38.5 Å². The van der Waals surface area contributed by atoms with Gasteiger partial charge in [-0.05, 0) is 77.8 Å². The summed E-state index contributed by atoms with van der Waals surface area (Å²) in [5.41, 5.74) is 8.15. The molecule has 2 aromatic carbocycles. The minimum absolute atomic E-state index is 0. The lowest BCUT2D eigenvalue weighted by Gasteiger charge is -2.19. The highest BCUT2D eigenvalue weighted by molar-refractivity contribution is 5.91. The fourth-order valence-corrected chi connectivity index (χ4v) is 5.71. The number of fused-ring (bicyclic) bond motifs is 1. The van der Waals surface area contributed by atoms with Gasteiger partial charge in [-0.25, -0.2) is 0 Å². The summed E-state index contributed by atoms with van der Waals surface area (Å²) >= 11 is 0. The molecule has 2 unspecified atom stereocenters. The van der Waals surface area contributed by atoms with Crippen molar-refractivity contribution in [1.82, 2.24) is 0 Å². The summed E-state index contributed by atoms with van der Waals surface area (Å²) < 4.78 is 0. The first kappa shape index (κ1) is 22.8. The topological polar surface area (TPSA) is 17.1 Å². The van der Waals surface area contributed by atoms with E-state index in [2.05, 4.69) is 69.0 Å². The van der Waals surface area contributed by atoms with Crippen LogP contribution in [0.4, 0.5) is 0 Å². The molecule has 3 atom stereocenters. The van der Waals surface area contributed by atoms with Crippen LogP contribution in [0.1, 0.15) is 100 Å². The molecule has 1 fully saturated rings. The number of unbranched alkanes of at least 4 members (excludes halogenated alkanes) is 1. The van der Waals surface area contributed by atoms with Crippen LogP contribution >= 0.6 is 0 Å². The minimum Gasteiger partial charge on any atom is -0.299 e. The van der Waals surface area contributed by atoms with E-state index in [1.54, 1.807) is 0 Å². The smallest absolute Gasteiger partial charge is 0.138 e. The predicted molar refractivity (Wildman–Crippen MR) is 140 cm³/mol. The van der Waals surface area contributed by atoms with Crippen LogP contribution in [0, 0.1) is 11.8 Å². The van der Waals surface area contributed by atoms with Gasteiger partial charge in [0.05, 0.1) is 0 Å². The number of rotatable bonds is 8. The maximum atomic E-state index is 13.0. The van der Waals surface area contributed by atoms with Gasteiger partial charge in [0.2, 0.25) is 0 Å². The molecule has 0 radical (unpaired) electrons. The summed E-state index contributed by atoms with van der Waals surface area (Å²) in [7, 11) is 0. The number of allylic oxidation sites excluding steroid dienone is 1. The van der Waals surface area contributed by atoms with Crippen LogP contribution < -0.4 is 0 Å². The van der Waals surface area contributed by atoms with Crippen molar-refractivity contribution in [3.8, 4) is 0 Å². The number of carbonyl (C=O) groups is 1. The van der Waals surface area contributed by atoms with Gasteiger partial charge in [-0.2, -0.15) is 0 Å². The van der Waals surface area contributed by atoms with Crippen molar-refractivity contribution in [3.63, 3.8) is 0 Å². The van der Waals surface area contributed by atoms with Gasteiger partial charge in [0.1, 0.15) is 5.78 Å². The monoisotopic (exact) mass is 428 g/mol. The summed E-state index contributed by atoms with van der Waals surface area (Å²) in [6.07, 6.45) is 14.3. The maximum Gasteiger partial charge on any atom is 0.138 e. The summed E-state index contributed by atoms with van der Waals surface area (Å²) in [5, 5.41) is 0. The van der Waals surface area contributed by atoms with E-state index in [1.807, 2.05) is 6.08 Å². The van der Waals surface area contributed by atoms with E-state index in [4.69, 9.17) is 0 Å². The number of benzene rings is 2. The average Bonchev–Trinajstić information content (AvgIpc) is 3.11. The SMILES string of the molecule is C=Cc1ccc(C2CCCC(C(=O)[C@@H](C)CCCC)CC2)cc1C1=Cc2ccccc2C1.[HH]. The van der Waals surface area contributed by atoms with Crippen LogP contribution in [-0.2, 0) is 11.2 Å². The van der Waals surface area contributed by atoms with Gasteiger partial charge in [-0.15, -0.1) is 0 Å². The number of hydrogen-bond donors (Lipinski definition) is 0. The molecule has 0 heterocycles. The molecule has 4 rings (SSSR count). The molecule has 0 aromatic heterocycles. The molecular weight excluding hydrogens is 388 g/mol. The predicted octanol–water partition coefficient (Wildman–Crippen LogP) is 8.73. The van der Waals surface area contributed by atoms with E-state index in [1.165, 1.54) is 52.7 Å². The summed E-state index contributed by atoms with van der Waals surface area (Å²) in [6.45, 7) is 8.43. The molecule has 0 bridgehead atoms. The molecule has 1 heteroatoms. The normalized spacial score (nSPS) is 21.4. The molecule has 2 aliphatic carbocycles. The lowest BCUT2D eigenvalue weighted by Crippen LogP contribution is -2.21. The zero-order chi connectivity index (χ0) is 22.5. The van der Waals surface area contributed by atoms with Crippen molar-refractivity contribution < 1.29 is 6.22 Å². The highest BCUT2D eigenvalue weighted by Gasteiger charge is 2.28. The third kappa shape index (κ3) is 4.98. The Morgan fingerprint density at radius 1 is 1.16 bits per heavy atom. The highest BCUT2D eigenvalue weighted by atomic mass is 16.1. The number of hydrogen-bond acceptors (Lipinski definition) is 1. The molecule has 0 aliphatic heterocycles. The van der Waals surface area contributed by atoms with Crippen LogP contribution in [0.2, 0.25) is 0 Å². The third-order valence-corrected chi connectivity index (χ3v) is 7.73. The van der Waals surface area contributed by atoms with Crippen LogP contribution in [-0.4, -0.2) is 5.78 Å². The standard InChI is InChI=1S/C31H38O.H2/c1-4-6-10-22(3)31(32)25-14-9-13-24(16-17-25)28-18-15-23(5-2)30(21-28)29-19-26-11-7-8-12-27(26)20-29;/h5,7-8,11-12,15,18-19,21-22,24-25H,2,4,6,9-10,13-14,16-17,20H2,1,3H3;1H/t22-,24?,25?;/m0./s1. The summed E-state index contributed by atoms with van der Waals surface area (Å²) in [4.78, 5) is 13.0. The fraction of sp³-hybridized carbons (Fsp3) is 0.452. The lowest BCUT2D eigenvalue weighted by atomic mass is 9.84. The molecule has 0 saturated heterocycles. The van der Waals surface area contributed by atoms with Crippen molar-refractivity contribution >= 4 is 23.5 Å². The fourth-order valence-electron chi connectivity index (χ4n) is 5.71. The van der Waals surface area contributed by atoms with Crippen molar-refractivity contribution in [1.29, 1.82) is 0 Å². The van der Waals surface area contributed by atoms with Gasteiger partial charge < -0.3 is 0 Å². The lowest BCUT2D eigenvalue weighted by molar-refractivity contribution is -0.126. The Labute approximate surface area is 196 Å². The highest BCUT2D eigenvalue weighted by Crippen LogP contribution is 2.39. The first-order valence-corrected chi connectivity index (χ1v) is 12.7. The number of Topliss-reactive ketones (excluding diaryl/α,β-unsaturated/α-hetero) is 1. The number of ketones is 1. The molecule has 1 saturated carbocycles. The third-order valence-electron chi connectivity index (χ3n) is 7.73. The second-order valence-electron chi connectivity index (χ2n) is 9.94. The van der Waals surface area contributed by atoms with Gasteiger partial charge in [0, 0.05) is 13.3 Å². The second kappa shape index (κ2) is 10.5. The average molecular weight is 429 g/mol. The molecule has 2 aliphatic rings. The minimum atomic E-state index is 0. The molecule has 32 heavy (non-hydrogen) atoms. The summed E-state index contributed by atoms with van der Waals surface area (Å²) in [5.74, 6) is 1.58. The van der Waals surface area contributed by atoms with Crippen LogP contribution in [0.3, 0.4) is 0 Å². The summed E-state index contributed by atoms with van der Waals surface area (Å²) in [6, 6.07) is 15.7. The Balaban J connectivity index is 0.00000306. The largest absolute Gasteiger partial charge is 0.299 e. The van der Waals surface area contributed by atoms with Crippen LogP contribution in [0.25, 0.3) is 17.7 Å². The number of carbonyl (C=O) groups excluding carboxylic acids is 1. The van der Waals surface area contributed by atoms with Gasteiger partial charge in [-0.1, -0.05) is 94.3 Å². The van der Waals surface area contributed by atoms with Crippen LogP contribution in [0.5, 0.6) is 0 Å². The zero-order valence-electron chi connectivity index (χ0n) is 19.9. The molecule has 2 aromatic rings. The Morgan fingerprint density at radius 2 is 2.00 bits per heavy atom. The van der Waals surface area contributed by atoms with E-state index >= 15 is 0 Å². The zero-order valence-corrected chi connectivity index (χ0v) is 19.9. The molecule has 0 amide bonds. The Morgan fingerprint density at radius 3 is 2.78 bits per heavy atom. The first-order chi connectivity index (χ1) is 15.6. The molecular formula is C31H40O. The Kier molecular flexibility index (Phi) is 7.45. The van der Waals surface area contributed by atoms with Crippen molar-refractivity contribution in [2.24, 2.45) is 11.8 Å². The van der Waals surface area contributed by atoms with E-state index in [-0.39, 0.29) is 13.3 Å². The molecule has 0 N–H and O–H groups in total. The van der Waals surface area contributed by atoms with Crippen LogP contribution in [0.15, 0.2) is 49.0 Å². The van der Waals surface area contributed by atoms with E-state index in [0.29, 0.717) is 11.7 Å². The second-order valence-corrected chi connectivity index (χ2v) is 9.94. The van der Waals surface area contributed by atoms with Gasteiger partial charge >= 0.3 is 0 Å². The molecule has 170 valence electrons. The van der Waals surface area contributed by atoms with Gasteiger partial charge in [-0.3, -0.25) is 4.79 Å². The Bertz CT molecular complexity index is 1000. The first-order valence-electron chi connectivity index (χ1n) is 12.7. The van der Waals surface area contributed by atoms with Gasteiger partial charge in [0.25, 0.3) is 0 Å². The maximum absolute atomic E-state index is 13.0. The Hall–Kier alpha value is -2.41.